The zero-order chi connectivity index (χ0) is 12.4. The summed E-state index contributed by atoms with van der Waals surface area (Å²) < 4.78 is 0. The highest BCUT2D eigenvalue weighted by Gasteiger charge is 2.39. The van der Waals surface area contributed by atoms with Crippen molar-refractivity contribution in [3.63, 3.8) is 0 Å². The highest BCUT2D eigenvalue weighted by Crippen LogP contribution is 2.28. The van der Waals surface area contributed by atoms with Crippen molar-refractivity contribution in [3.8, 4) is 0 Å². The number of carbonyl (C=O) groups excluding carboxylic acids is 2. The van der Waals surface area contributed by atoms with Gasteiger partial charge in [0.15, 0.2) is 0 Å². The van der Waals surface area contributed by atoms with Crippen molar-refractivity contribution in [3.05, 3.63) is 0 Å². The van der Waals surface area contributed by atoms with Crippen molar-refractivity contribution in [2.45, 2.75) is 38.5 Å². The van der Waals surface area contributed by atoms with Crippen LogP contribution in [0.5, 0.6) is 0 Å². The molecule has 17 heavy (non-hydrogen) atoms. The molecule has 1 atom stereocenters. The Balaban J connectivity index is 1.99. The van der Waals surface area contributed by atoms with Crippen LogP contribution in [-0.2, 0) is 14.4 Å². The van der Waals surface area contributed by atoms with E-state index in [4.69, 9.17) is 5.11 Å². The maximum atomic E-state index is 12.1. The summed E-state index contributed by atoms with van der Waals surface area (Å²) in [4.78, 5) is 35.7. The highest BCUT2D eigenvalue weighted by atomic mass is 16.4. The number of hydrogen-bond donors (Lipinski definition) is 1. The molecule has 1 saturated carbocycles. The number of hydrogen-bond acceptors (Lipinski definition) is 3. The summed E-state index contributed by atoms with van der Waals surface area (Å²) in [5, 5.41) is 8.85. The summed E-state index contributed by atoms with van der Waals surface area (Å²) in [6.45, 7) is 0.0590. The second-order valence-corrected chi connectivity index (χ2v) is 4.92. The van der Waals surface area contributed by atoms with Crippen LogP contribution in [0.2, 0.25) is 0 Å². The SMILES string of the molecule is O=C(O)C1CC(=O)N(C(=O)C2CCCCC2)C1. The molecule has 0 bridgehead atoms. The summed E-state index contributed by atoms with van der Waals surface area (Å²) in [6, 6.07) is 0. The molecule has 1 unspecified atom stereocenters. The predicted octanol–water partition coefficient (Wildman–Crippen LogP) is 1.03. The minimum atomic E-state index is -0.989. The van der Waals surface area contributed by atoms with Gasteiger partial charge in [0, 0.05) is 18.9 Å². The Morgan fingerprint density at radius 3 is 2.29 bits per heavy atom. The molecular formula is C12H17NO4. The topological polar surface area (TPSA) is 74.7 Å². The summed E-state index contributed by atoms with van der Waals surface area (Å²) in [5.41, 5.74) is 0. The van der Waals surface area contributed by atoms with Crippen LogP contribution in [0.15, 0.2) is 0 Å². The molecule has 0 aromatic carbocycles. The normalized spacial score (nSPS) is 26.2. The van der Waals surface area contributed by atoms with Gasteiger partial charge in [-0.2, -0.15) is 0 Å². The third-order valence-electron chi connectivity index (χ3n) is 3.69. The molecule has 1 aliphatic carbocycles. The lowest BCUT2D eigenvalue weighted by Gasteiger charge is -2.24. The smallest absolute Gasteiger partial charge is 0.308 e. The number of amides is 2. The van der Waals surface area contributed by atoms with Gasteiger partial charge in [-0.05, 0) is 12.8 Å². The lowest BCUT2D eigenvalue weighted by atomic mass is 9.88. The molecule has 94 valence electrons. The van der Waals surface area contributed by atoms with Gasteiger partial charge in [-0.15, -0.1) is 0 Å². The van der Waals surface area contributed by atoms with E-state index >= 15 is 0 Å². The maximum absolute atomic E-state index is 12.1. The zero-order valence-electron chi connectivity index (χ0n) is 9.72. The summed E-state index contributed by atoms with van der Waals surface area (Å²) in [5.74, 6) is -2.25. The lowest BCUT2D eigenvalue weighted by molar-refractivity contribution is -0.145. The quantitative estimate of drug-likeness (QED) is 0.730. The van der Waals surface area contributed by atoms with Crippen molar-refractivity contribution in [2.75, 3.05) is 6.54 Å². The first-order chi connectivity index (χ1) is 8.09. The van der Waals surface area contributed by atoms with E-state index < -0.39 is 11.9 Å². The fourth-order valence-corrected chi connectivity index (χ4v) is 2.66. The summed E-state index contributed by atoms with van der Waals surface area (Å²) in [7, 11) is 0. The molecule has 2 rings (SSSR count). The number of carboxylic acid groups (broad SMARTS) is 1. The molecule has 5 heteroatoms. The average molecular weight is 239 g/mol. The molecule has 0 aromatic heterocycles. The molecular weight excluding hydrogens is 222 g/mol. The van der Waals surface area contributed by atoms with Gasteiger partial charge < -0.3 is 5.11 Å². The van der Waals surface area contributed by atoms with E-state index in [-0.39, 0.29) is 30.7 Å². The molecule has 2 amide bonds. The van der Waals surface area contributed by atoms with Crippen molar-refractivity contribution in [1.82, 2.24) is 4.90 Å². The Morgan fingerprint density at radius 1 is 1.12 bits per heavy atom. The molecule has 1 N–H and O–H groups in total. The van der Waals surface area contributed by atoms with Gasteiger partial charge in [0.25, 0.3) is 0 Å². The largest absolute Gasteiger partial charge is 0.481 e. The van der Waals surface area contributed by atoms with Gasteiger partial charge in [-0.3, -0.25) is 19.3 Å². The van der Waals surface area contributed by atoms with Crippen LogP contribution in [0.25, 0.3) is 0 Å². The highest BCUT2D eigenvalue weighted by molar-refractivity contribution is 6.00. The van der Waals surface area contributed by atoms with Gasteiger partial charge in [0.2, 0.25) is 11.8 Å². The number of aliphatic carboxylic acids is 1. The van der Waals surface area contributed by atoms with Crippen LogP contribution in [0.4, 0.5) is 0 Å². The molecule has 1 aliphatic heterocycles. The van der Waals surface area contributed by atoms with Gasteiger partial charge in [-0.1, -0.05) is 19.3 Å². The molecule has 1 heterocycles. The van der Waals surface area contributed by atoms with Crippen LogP contribution < -0.4 is 0 Å². The number of carbonyl (C=O) groups is 3. The van der Waals surface area contributed by atoms with E-state index in [1.165, 1.54) is 0 Å². The van der Waals surface area contributed by atoms with Crippen LogP contribution >= 0.6 is 0 Å². The standard InChI is InChI=1S/C12H17NO4/c14-10-6-9(12(16)17)7-13(10)11(15)8-4-2-1-3-5-8/h8-9H,1-7H2,(H,16,17). The fourth-order valence-electron chi connectivity index (χ4n) is 2.66. The van der Waals surface area contributed by atoms with Crippen molar-refractivity contribution >= 4 is 17.8 Å². The van der Waals surface area contributed by atoms with E-state index in [1.807, 2.05) is 0 Å². The van der Waals surface area contributed by atoms with Crippen LogP contribution in [0.3, 0.4) is 0 Å². The first-order valence-electron chi connectivity index (χ1n) is 6.16. The van der Waals surface area contributed by atoms with Crippen molar-refractivity contribution < 1.29 is 19.5 Å². The second-order valence-electron chi connectivity index (χ2n) is 4.92. The molecule has 0 aromatic rings. The van der Waals surface area contributed by atoms with E-state index in [1.54, 1.807) is 0 Å². The van der Waals surface area contributed by atoms with Crippen LogP contribution in [0.1, 0.15) is 38.5 Å². The zero-order valence-corrected chi connectivity index (χ0v) is 9.72. The minimum absolute atomic E-state index is 0.0339. The van der Waals surface area contributed by atoms with E-state index in [9.17, 15) is 14.4 Å². The molecule has 0 radical (unpaired) electrons. The number of likely N-dealkylation sites (tertiary alicyclic amines) is 1. The van der Waals surface area contributed by atoms with Gasteiger partial charge >= 0.3 is 5.97 Å². The molecule has 2 aliphatic rings. The third-order valence-corrected chi connectivity index (χ3v) is 3.69. The van der Waals surface area contributed by atoms with Crippen molar-refractivity contribution in [2.24, 2.45) is 11.8 Å². The third kappa shape index (κ3) is 2.48. The molecule has 5 nitrogen and oxygen atoms in total. The molecule has 2 fully saturated rings. The van der Waals surface area contributed by atoms with Gasteiger partial charge in [-0.25, -0.2) is 0 Å². The first kappa shape index (κ1) is 12.1. The number of rotatable bonds is 2. The average Bonchev–Trinajstić information content (AvgIpc) is 2.72. The second kappa shape index (κ2) is 4.85. The number of nitrogens with zero attached hydrogens (tertiary/aromatic N) is 1. The Hall–Kier alpha value is -1.39. The fraction of sp³-hybridized carbons (Fsp3) is 0.750. The van der Waals surface area contributed by atoms with Crippen molar-refractivity contribution in [1.29, 1.82) is 0 Å². The Labute approximate surface area is 99.8 Å². The Morgan fingerprint density at radius 2 is 1.76 bits per heavy atom. The first-order valence-corrected chi connectivity index (χ1v) is 6.16. The van der Waals surface area contributed by atoms with E-state index in [0.717, 1.165) is 37.0 Å². The lowest BCUT2D eigenvalue weighted by Crippen LogP contribution is -2.38. The minimum Gasteiger partial charge on any atom is -0.481 e. The Bertz CT molecular complexity index is 346. The van der Waals surface area contributed by atoms with Crippen LogP contribution in [0, 0.1) is 11.8 Å². The molecule has 1 saturated heterocycles. The Kier molecular flexibility index (Phi) is 3.45. The van der Waals surface area contributed by atoms with E-state index in [2.05, 4.69) is 0 Å². The molecule has 0 spiro atoms. The van der Waals surface area contributed by atoms with E-state index in [0.29, 0.717) is 0 Å². The monoisotopic (exact) mass is 239 g/mol. The number of imide groups is 1. The predicted molar refractivity (Wildman–Crippen MR) is 59.0 cm³/mol. The summed E-state index contributed by atoms with van der Waals surface area (Å²) in [6.07, 6.45) is 4.84. The van der Waals surface area contributed by atoms with Gasteiger partial charge in [0.1, 0.15) is 0 Å². The van der Waals surface area contributed by atoms with Crippen LogP contribution in [-0.4, -0.2) is 34.3 Å². The number of carboxylic acids is 1. The maximum Gasteiger partial charge on any atom is 0.308 e. The summed E-state index contributed by atoms with van der Waals surface area (Å²) >= 11 is 0. The van der Waals surface area contributed by atoms with Gasteiger partial charge in [0.05, 0.1) is 5.92 Å².